The number of ether oxygens (including phenoxy) is 1. The van der Waals surface area contributed by atoms with Crippen LogP contribution in [0.1, 0.15) is 39.2 Å². The lowest BCUT2D eigenvalue weighted by Crippen LogP contribution is -2.26. The molecule has 3 heteroatoms. The minimum Gasteiger partial charge on any atom is -0.494 e. The van der Waals surface area contributed by atoms with Gasteiger partial charge in [0.15, 0.2) is 0 Å². The highest BCUT2D eigenvalue weighted by Gasteiger charge is 2.03. The first-order valence-electron chi connectivity index (χ1n) is 7.10. The highest BCUT2D eigenvalue weighted by Crippen LogP contribution is 2.12. The predicted octanol–water partition coefficient (Wildman–Crippen LogP) is 3.18. The van der Waals surface area contributed by atoms with Gasteiger partial charge in [-0.1, -0.05) is 26.0 Å². The van der Waals surface area contributed by atoms with Gasteiger partial charge in [-0.3, -0.25) is 4.79 Å². The lowest BCUT2D eigenvalue weighted by molar-refractivity contribution is -0.120. The molecule has 1 rings (SSSR count). The van der Waals surface area contributed by atoms with Crippen molar-refractivity contribution in [3.8, 4) is 5.75 Å². The molecular formula is C16H25NO2. The van der Waals surface area contributed by atoms with Crippen LogP contribution in [0.2, 0.25) is 0 Å². The molecule has 0 aliphatic rings. The molecule has 0 heterocycles. The number of amides is 1. The predicted molar refractivity (Wildman–Crippen MR) is 78.4 cm³/mol. The fourth-order valence-electron chi connectivity index (χ4n) is 1.86. The van der Waals surface area contributed by atoms with Gasteiger partial charge in [0.1, 0.15) is 5.75 Å². The Kier molecular flexibility index (Phi) is 7.01. The molecular weight excluding hydrogens is 238 g/mol. The summed E-state index contributed by atoms with van der Waals surface area (Å²) in [4.78, 5) is 11.7. The van der Waals surface area contributed by atoms with Crippen LogP contribution < -0.4 is 10.1 Å². The first-order chi connectivity index (χ1) is 9.11. The Bertz CT molecular complexity index is 371. The Hall–Kier alpha value is -1.51. The molecule has 0 radical (unpaired) electrons. The molecule has 0 fully saturated rings. The highest BCUT2D eigenvalue weighted by atomic mass is 16.5. The number of rotatable bonds is 8. The van der Waals surface area contributed by atoms with E-state index in [0.29, 0.717) is 18.9 Å². The van der Waals surface area contributed by atoms with Gasteiger partial charge in [-0.05, 0) is 43.4 Å². The molecule has 3 nitrogen and oxygen atoms in total. The third kappa shape index (κ3) is 6.85. The maximum Gasteiger partial charge on any atom is 0.224 e. The lowest BCUT2D eigenvalue weighted by atomic mass is 10.1. The molecule has 0 saturated carbocycles. The van der Waals surface area contributed by atoms with Gasteiger partial charge in [0.2, 0.25) is 5.91 Å². The van der Waals surface area contributed by atoms with E-state index < -0.39 is 0 Å². The third-order valence-corrected chi connectivity index (χ3v) is 2.88. The zero-order valence-corrected chi connectivity index (χ0v) is 12.2. The first kappa shape index (κ1) is 15.5. The van der Waals surface area contributed by atoms with Crippen LogP contribution in [0.3, 0.4) is 0 Å². The number of carbonyl (C=O) groups excluding carboxylic acids is 1. The first-order valence-corrected chi connectivity index (χ1v) is 7.10. The number of carbonyl (C=O) groups is 1. The van der Waals surface area contributed by atoms with Gasteiger partial charge in [-0.2, -0.15) is 0 Å². The van der Waals surface area contributed by atoms with E-state index in [1.807, 2.05) is 31.2 Å². The molecule has 0 unspecified atom stereocenters. The van der Waals surface area contributed by atoms with E-state index in [9.17, 15) is 4.79 Å². The van der Waals surface area contributed by atoms with Crippen molar-refractivity contribution in [2.75, 3.05) is 13.2 Å². The molecule has 19 heavy (non-hydrogen) atoms. The summed E-state index contributed by atoms with van der Waals surface area (Å²) in [6.07, 6.45) is 2.64. The second-order valence-electron chi connectivity index (χ2n) is 5.14. The van der Waals surface area contributed by atoms with Crippen LogP contribution in [0.15, 0.2) is 24.3 Å². The fourth-order valence-corrected chi connectivity index (χ4v) is 1.86. The summed E-state index contributed by atoms with van der Waals surface area (Å²) in [5.41, 5.74) is 1.02. The third-order valence-electron chi connectivity index (χ3n) is 2.88. The maximum absolute atomic E-state index is 11.7. The lowest BCUT2D eigenvalue weighted by Gasteiger charge is -2.07. The number of hydrogen-bond acceptors (Lipinski definition) is 2. The number of benzene rings is 1. The number of hydrogen-bond donors (Lipinski definition) is 1. The summed E-state index contributed by atoms with van der Waals surface area (Å²) in [7, 11) is 0. The zero-order chi connectivity index (χ0) is 14.1. The van der Waals surface area contributed by atoms with E-state index >= 15 is 0 Å². The van der Waals surface area contributed by atoms with Crippen molar-refractivity contribution in [3.05, 3.63) is 29.8 Å². The Morgan fingerprint density at radius 1 is 1.26 bits per heavy atom. The van der Waals surface area contributed by atoms with E-state index in [1.54, 1.807) is 0 Å². The summed E-state index contributed by atoms with van der Waals surface area (Å²) < 4.78 is 5.37. The highest BCUT2D eigenvalue weighted by molar-refractivity contribution is 5.78. The van der Waals surface area contributed by atoms with Crippen molar-refractivity contribution in [2.24, 2.45) is 5.92 Å². The van der Waals surface area contributed by atoms with Crippen molar-refractivity contribution in [2.45, 2.75) is 40.0 Å². The summed E-state index contributed by atoms with van der Waals surface area (Å²) in [6.45, 7) is 7.78. The van der Waals surface area contributed by atoms with Gasteiger partial charge in [0.05, 0.1) is 13.0 Å². The van der Waals surface area contributed by atoms with Gasteiger partial charge in [-0.15, -0.1) is 0 Å². The molecule has 0 aliphatic heterocycles. The zero-order valence-electron chi connectivity index (χ0n) is 12.2. The van der Waals surface area contributed by atoms with Crippen LogP contribution in [-0.2, 0) is 11.2 Å². The SMILES string of the molecule is CCOc1ccc(CC(=O)NCCCC(C)C)cc1. The molecule has 0 bridgehead atoms. The number of nitrogens with one attached hydrogen (secondary N) is 1. The molecule has 0 aromatic heterocycles. The molecule has 1 amide bonds. The van der Waals surface area contributed by atoms with E-state index in [2.05, 4.69) is 19.2 Å². The van der Waals surface area contributed by atoms with E-state index in [4.69, 9.17) is 4.74 Å². The molecule has 1 aromatic carbocycles. The van der Waals surface area contributed by atoms with Gasteiger partial charge in [-0.25, -0.2) is 0 Å². The second kappa shape index (κ2) is 8.57. The van der Waals surface area contributed by atoms with E-state index in [1.165, 1.54) is 0 Å². The summed E-state index contributed by atoms with van der Waals surface area (Å²) in [5, 5.41) is 2.96. The Morgan fingerprint density at radius 3 is 2.53 bits per heavy atom. The minimum absolute atomic E-state index is 0.0907. The second-order valence-corrected chi connectivity index (χ2v) is 5.14. The van der Waals surface area contributed by atoms with Crippen molar-refractivity contribution in [1.29, 1.82) is 0 Å². The largest absolute Gasteiger partial charge is 0.494 e. The standard InChI is InChI=1S/C16H25NO2/c1-4-19-15-9-7-14(8-10-15)12-16(18)17-11-5-6-13(2)3/h7-10,13H,4-6,11-12H2,1-3H3,(H,17,18). The van der Waals surface area contributed by atoms with Crippen LogP contribution >= 0.6 is 0 Å². The van der Waals surface area contributed by atoms with Gasteiger partial charge in [0, 0.05) is 6.54 Å². The van der Waals surface area contributed by atoms with Crippen LogP contribution in [0.25, 0.3) is 0 Å². The van der Waals surface area contributed by atoms with Gasteiger partial charge >= 0.3 is 0 Å². The molecule has 0 saturated heterocycles. The molecule has 0 atom stereocenters. The normalized spacial score (nSPS) is 10.5. The monoisotopic (exact) mass is 263 g/mol. The van der Waals surface area contributed by atoms with Crippen LogP contribution in [0.5, 0.6) is 5.75 Å². The average molecular weight is 263 g/mol. The van der Waals surface area contributed by atoms with Gasteiger partial charge < -0.3 is 10.1 Å². The quantitative estimate of drug-likeness (QED) is 0.732. The summed E-state index contributed by atoms with van der Waals surface area (Å²) in [5.74, 6) is 1.64. The van der Waals surface area contributed by atoms with Crippen LogP contribution in [0.4, 0.5) is 0 Å². The topological polar surface area (TPSA) is 38.3 Å². The molecule has 0 spiro atoms. The molecule has 106 valence electrons. The fraction of sp³-hybridized carbons (Fsp3) is 0.562. The van der Waals surface area contributed by atoms with Crippen molar-refractivity contribution < 1.29 is 9.53 Å². The van der Waals surface area contributed by atoms with Crippen LogP contribution in [0, 0.1) is 5.92 Å². The molecule has 0 aliphatic carbocycles. The minimum atomic E-state index is 0.0907. The maximum atomic E-state index is 11.7. The van der Waals surface area contributed by atoms with E-state index in [0.717, 1.165) is 30.7 Å². The molecule has 1 aromatic rings. The van der Waals surface area contributed by atoms with Crippen LogP contribution in [-0.4, -0.2) is 19.1 Å². The van der Waals surface area contributed by atoms with Crippen molar-refractivity contribution >= 4 is 5.91 Å². The Labute approximate surface area is 116 Å². The summed E-state index contributed by atoms with van der Waals surface area (Å²) in [6, 6.07) is 7.70. The molecule has 1 N–H and O–H groups in total. The Balaban J connectivity index is 2.27. The van der Waals surface area contributed by atoms with Crippen molar-refractivity contribution in [3.63, 3.8) is 0 Å². The van der Waals surface area contributed by atoms with Gasteiger partial charge in [0.25, 0.3) is 0 Å². The summed E-state index contributed by atoms with van der Waals surface area (Å²) >= 11 is 0. The van der Waals surface area contributed by atoms with E-state index in [-0.39, 0.29) is 5.91 Å². The van der Waals surface area contributed by atoms with Crippen molar-refractivity contribution in [1.82, 2.24) is 5.32 Å². The smallest absolute Gasteiger partial charge is 0.224 e. The average Bonchev–Trinajstić information content (AvgIpc) is 2.37. The Morgan fingerprint density at radius 2 is 1.95 bits per heavy atom.